The van der Waals surface area contributed by atoms with Crippen molar-refractivity contribution in [3.05, 3.63) is 65.2 Å². The molecule has 0 saturated carbocycles. The fourth-order valence-electron chi connectivity index (χ4n) is 5.11. The van der Waals surface area contributed by atoms with Gasteiger partial charge >= 0.3 is 0 Å². The first-order chi connectivity index (χ1) is 22.1. The molecule has 0 amide bonds. The lowest BCUT2D eigenvalue weighted by Gasteiger charge is -2.26. The second-order valence-corrected chi connectivity index (χ2v) is 18.5. The lowest BCUT2D eigenvalue weighted by atomic mass is 10.2. The first-order valence-electron chi connectivity index (χ1n) is 15.2. The van der Waals surface area contributed by atoms with E-state index in [1.165, 1.54) is 37.1 Å². The molecule has 3 aromatic heterocycles. The van der Waals surface area contributed by atoms with Gasteiger partial charge in [0.05, 0.1) is 55.0 Å². The van der Waals surface area contributed by atoms with Crippen LogP contribution in [0.4, 0.5) is 15.9 Å². The maximum atomic E-state index is 14.7. The van der Waals surface area contributed by atoms with Crippen molar-refractivity contribution in [2.45, 2.75) is 39.0 Å². The van der Waals surface area contributed by atoms with Gasteiger partial charge in [-0.05, 0) is 41.9 Å². The number of nitrogens with zero attached hydrogens (tertiary/aromatic N) is 6. The number of anilines is 2. The molecule has 0 unspecified atom stereocenters. The number of methoxy groups -OCH3 is 1. The number of H-pyrrole nitrogens is 1. The maximum Gasteiger partial charge on any atom is 0.179 e. The van der Waals surface area contributed by atoms with E-state index in [2.05, 4.69) is 56.9 Å². The summed E-state index contributed by atoms with van der Waals surface area (Å²) < 4.78 is 33.5. The zero-order valence-electron chi connectivity index (χ0n) is 26.4. The average molecular weight is 665 g/mol. The zero-order valence-corrected chi connectivity index (χ0v) is 28.2. The van der Waals surface area contributed by atoms with E-state index in [1.54, 1.807) is 4.68 Å². The Morgan fingerprint density at radius 1 is 1.11 bits per heavy atom. The summed E-state index contributed by atoms with van der Waals surface area (Å²) in [7, 11) is 0.273. The Labute approximate surface area is 273 Å². The second-order valence-electron chi connectivity index (χ2n) is 12.5. The average Bonchev–Trinajstić information content (AvgIpc) is 3.64. The summed E-state index contributed by atoms with van der Waals surface area (Å²) in [6, 6.07) is 11.6. The summed E-state index contributed by atoms with van der Waals surface area (Å²) in [5.41, 5.74) is 4.26. The molecule has 1 saturated heterocycles. The Balaban J connectivity index is 1.33. The molecule has 0 bridgehead atoms. The van der Waals surface area contributed by atoms with E-state index in [4.69, 9.17) is 35.9 Å². The molecule has 14 heteroatoms. The summed E-state index contributed by atoms with van der Waals surface area (Å²) in [6.45, 7) is 12.0. The van der Waals surface area contributed by atoms with Gasteiger partial charge in [0.2, 0.25) is 0 Å². The zero-order chi connectivity index (χ0) is 32.3. The minimum Gasteiger partial charge on any atom is -0.491 e. The molecule has 0 radical (unpaired) electrons. The van der Waals surface area contributed by atoms with Crippen LogP contribution in [0.5, 0.6) is 5.75 Å². The highest BCUT2D eigenvalue weighted by atomic mass is 35.5. The number of hydrogen-bond acceptors (Lipinski definition) is 9. The van der Waals surface area contributed by atoms with E-state index in [0.717, 1.165) is 49.9 Å². The largest absolute Gasteiger partial charge is 0.491 e. The monoisotopic (exact) mass is 664 g/mol. The third-order valence-corrected chi connectivity index (χ3v) is 9.60. The van der Waals surface area contributed by atoms with Crippen LogP contribution in [0.2, 0.25) is 30.7 Å². The van der Waals surface area contributed by atoms with Crippen molar-refractivity contribution in [3.63, 3.8) is 0 Å². The molecule has 2 aromatic carbocycles. The van der Waals surface area contributed by atoms with E-state index in [9.17, 15) is 4.39 Å². The minimum absolute atomic E-state index is 0.156. The number of benzene rings is 2. The predicted octanol–water partition coefficient (Wildman–Crippen LogP) is 6.57. The third-order valence-electron chi connectivity index (χ3n) is 7.66. The van der Waals surface area contributed by atoms with Crippen molar-refractivity contribution >= 4 is 42.2 Å². The van der Waals surface area contributed by atoms with Crippen LogP contribution in [0.25, 0.3) is 33.9 Å². The molecule has 0 atom stereocenters. The van der Waals surface area contributed by atoms with Gasteiger partial charge in [-0.3, -0.25) is 4.90 Å². The quantitative estimate of drug-likeness (QED) is 0.113. The molecule has 46 heavy (non-hydrogen) atoms. The van der Waals surface area contributed by atoms with E-state index in [1.807, 2.05) is 12.3 Å². The number of aromatic amines is 1. The summed E-state index contributed by atoms with van der Waals surface area (Å²) in [5, 5.41) is 8.56. The molecule has 4 heterocycles. The van der Waals surface area contributed by atoms with Gasteiger partial charge in [-0.25, -0.2) is 24.0 Å². The summed E-state index contributed by atoms with van der Waals surface area (Å²) >= 11 is 6.15. The summed E-state index contributed by atoms with van der Waals surface area (Å²) in [6.07, 6.45) is 3.33. The molecule has 1 aliphatic rings. The Hall–Kier alpha value is -3.88. The fourth-order valence-corrected chi connectivity index (χ4v) is 6.03. The van der Waals surface area contributed by atoms with Gasteiger partial charge in [-0.2, -0.15) is 5.10 Å². The third kappa shape index (κ3) is 7.73. The standard InChI is InChI=1S/C32H38ClFN8O3Si/c1-43-28-17-35-30(23-16-22(33)6-7-24(23)34)39-31(28)38-27-19-42(20-45-13-14-46(2,3)4)40-29(27)32-36-25-8-5-21(15-26(25)37-32)18-41-9-11-44-12-10-41/h5-8,15-17,19H,9-14,18,20H2,1-4H3,(H,36,37)(H,35,38,39). The normalized spacial score (nSPS) is 14.2. The Morgan fingerprint density at radius 2 is 1.93 bits per heavy atom. The molecular formula is C32H38ClFN8O3Si. The summed E-state index contributed by atoms with van der Waals surface area (Å²) in [5.74, 6) is 0.948. The highest BCUT2D eigenvalue weighted by molar-refractivity contribution is 6.76. The first kappa shape index (κ1) is 32.1. The molecule has 5 aromatic rings. The number of rotatable bonds is 12. The van der Waals surface area contributed by atoms with Crippen LogP contribution < -0.4 is 10.1 Å². The van der Waals surface area contributed by atoms with Gasteiger partial charge < -0.3 is 24.5 Å². The number of morpholine rings is 1. The van der Waals surface area contributed by atoms with Gasteiger partial charge in [0.15, 0.2) is 28.9 Å². The van der Waals surface area contributed by atoms with Gasteiger partial charge in [-0.15, -0.1) is 0 Å². The molecule has 2 N–H and O–H groups in total. The number of imidazole rings is 1. The van der Waals surface area contributed by atoms with Crippen LogP contribution >= 0.6 is 11.6 Å². The van der Waals surface area contributed by atoms with Gasteiger partial charge in [0.1, 0.15) is 12.5 Å². The van der Waals surface area contributed by atoms with Crippen LogP contribution in [0.15, 0.2) is 48.8 Å². The number of nitrogens with one attached hydrogen (secondary N) is 2. The van der Waals surface area contributed by atoms with E-state index >= 15 is 0 Å². The Kier molecular flexibility index (Phi) is 9.66. The molecule has 242 valence electrons. The van der Waals surface area contributed by atoms with Crippen molar-refractivity contribution in [1.82, 2.24) is 34.6 Å². The predicted molar refractivity (Wildman–Crippen MR) is 180 cm³/mol. The van der Waals surface area contributed by atoms with Crippen molar-refractivity contribution in [2.75, 3.05) is 45.3 Å². The molecular weight excluding hydrogens is 627 g/mol. The fraction of sp³-hybridized carbons (Fsp3) is 0.375. The summed E-state index contributed by atoms with van der Waals surface area (Å²) in [4.78, 5) is 19.7. The van der Waals surface area contributed by atoms with Gasteiger partial charge in [-0.1, -0.05) is 37.3 Å². The molecule has 11 nitrogen and oxygen atoms in total. The van der Waals surface area contributed by atoms with Crippen molar-refractivity contribution < 1.29 is 18.6 Å². The molecule has 1 fully saturated rings. The van der Waals surface area contributed by atoms with Crippen LogP contribution in [-0.2, 0) is 22.7 Å². The van der Waals surface area contributed by atoms with Crippen molar-refractivity contribution in [2.24, 2.45) is 0 Å². The van der Waals surface area contributed by atoms with Gasteiger partial charge in [0, 0.05) is 39.3 Å². The molecule has 0 aliphatic carbocycles. The topological polar surface area (TPSA) is 115 Å². The van der Waals surface area contributed by atoms with Gasteiger partial charge in [0.25, 0.3) is 0 Å². The van der Waals surface area contributed by atoms with Crippen molar-refractivity contribution in [1.29, 1.82) is 0 Å². The highest BCUT2D eigenvalue weighted by Crippen LogP contribution is 2.34. The molecule has 0 spiro atoms. The Bertz CT molecular complexity index is 1820. The number of aromatic nitrogens is 6. The van der Waals surface area contributed by atoms with Crippen LogP contribution in [-0.4, -0.2) is 82.7 Å². The second kappa shape index (κ2) is 13.9. The smallest absolute Gasteiger partial charge is 0.179 e. The number of halogens is 2. The SMILES string of the molecule is COc1cnc(-c2cc(Cl)ccc2F)nc1Nc1cn(COCC[Si](C)(C)C)nc1-c1nc2cc(CN3CCOCC3)ccc2[nH]1. The Morgan fingerprint density at radius 3 is 2.72 bits per heavy atom. The van der Waals surface area contributed by atoms with Crippen LogP contribution in [0.3, 0.4) is 0 Å². The van der Waals surface area contributed by atoms with Crippen LogP contribution in [0.1, 0.15) is 5.56 Å². The van der Waals surface area contributed by atoms with E-state index < -0.39 is 13.9 Å². The number of hydrogen-bond donors (Lipinski definition) is 2. The first-order valence-corrected chi connectivity index (χ1v) is 19.3. The number of fused-ring (bicyclic) bond motifs is 1. The van der Waals surface area contributed by atoms with Crippen molar-refractivity contribution in [3.8, 4) is 28.7 Å². The highest BCUT2D eigenvalue weighted by Gasteiger charge is 2.21. The lowest BCUT2D eigenvalue weighted by molar-refractivity contribution is 0.0342. The number of ether oxygens (including phenoxy) is 3. The minimum atomic E-state index is -1.25. The van der Waals surface area contributed by atoms with E-state index in [0.29, 0.717) is 40.4 Å². The lowest BCUT2D eigenvalue weighted by Crippen LogP contribution is -2.35. The molecule has 1 aliphatic heterocycles. The van der Waals surface area contributed by atoms with E-state index in [-0.39, 0.29) is 18.1 Å². The molecule has 6 rings (SSSR count). The maximum absolute atomic E-state index is 14.7. The van der Waals surface area contributed by atoms with Crippen LogP contribution in [0, 0.1) is 5.82 Å².